The predicted octanol–water partition coefficient (Wildman–Crippen LogP) is 3.74. The molecule has 0 aromatic heterocycles. The van der Waals surface area contributed by atoms with Crippen molar-refractivity contribution in [2.24, 2.45) is 5.92 Å². The number of carbonyl (C=O) groups excluding carboxylic acids is 1. The Bertz CT molecular complexity index is 531. The number of rotatable bonds is 6. The van der Waals surface area contributed by atoms with Gasteiger partial charge >= 0.3 is 6.18 Å². The molecule has 0 aliphatic carbocycles. The second-order valence-corrected chi connectivity index (χ2v) is 6.19. The van der Waals surface area contributed by atoms with Crippen LogP contribution in [0.3, 0.4) is 0 Å². The number of nitrogens with one attached hydrogen (secondary N) is 2. The van der Waals surface area contributed by atoms with Gasteiger partial charge in [0.1, 0.15) is 0 Å². The van der Waals surface area contributed by atoms with Gasteiger partial charge in [-0.05, 0) is 49.4 Å². The van der Waals surface area contributed by atoms with E-state index in [-0.39, 0.29) is 30.3 Å². The first-order valence-electron chi connectivity index (χ1n) is 8.01. The Morgan fingerprint density at radius 3 is 2.71 bits per heavy atom. The molecule has 0 saturated carbocycles. The summed E-state index contributed by atoms with van der Waals surface area (Å²) in [7, 11) is 0. The zero-order valence-electron chi connectivity index (χ0n) is 13.7. The molecule has 2 unspecified atom stereocenters. The van der Waals surface area contributed by atoms with Gasteiger partial charge in [0, 0.05) is 13.0 Å². The summed E-state index contributed by atoms with van der Waals surface area (Å²) in [4.78, 5) is 12.0. The largest absolute Gasteiger partial charge is 0.416 e. The zero-order chi connectivity index (χ0) is 16.9. The molecule has 1 aromatic rings. The van der Waals surface area contributed by atoms with E-state index in [0.717, 1.165) is 32.0 Å². The number of hydrogen-bond acceptors (Lipinski definition) is 2. The van der Waals surface area contributed by atoms with Crippen LogP contribution < -0.4 is 10.6 Å². The molecule has 24 heavy (non-hydrogen) atoms. The lowest BCUT2D eigenvalue weighted by Crippen LogP contribution is -2.27. The van der Waals surface area contributed by atoms with Gasteiger partial charge < -0.3 is 10.6 Å². The van der Waals surface area contributed by atoms with Gasteiger partial charge in [-0.1, -0.05) is 25.1 Å². The molecule has 1 aromatic carbocycles. The molecule has 3 nitrogen and oxygen atoms in total. The Balaban J connectivity index is 0.00000288. The Kier molecular flexibility index (Phi) is 8.03. The maximum atomic E-state index is 13.0. The first-order valence-corrected chi connectivity index (χ1v) is 8.01. The number of alkyl halides is 3. The van der Waals surface area contributed by atoms with Crippen LogP contribution in [-0.2, 0) is 11.0 Å². The highest BCUT2D eigenvalue weighted by Gasteiger charge is 2.34. The van der Waals surface area contributed by atoms with E-state index in [0.29, 0.717) is 12.5 Å². The number of carbonyl (C=O) groups is 1. The first-order chi connectivity index (χ1) is 10.9. The highest BCUT2D eigenvalue weighted by molar-refractivity contribution is 5.85. The maximum Gasteiger partial charge on any atom is 0.416 e. The molecule has 0 radical (unpaired) electrons. The number of halogens is 4. The summed E-state index contributed by atoms with van der Waals surface area (Å²) in [6.45, 7) is 4.24. The monoisotopic (exact) mass is 364 g/mol. The fourth-order valence-electron chi connectivity index (χ4n) is 3.02. The van der Waals surface area contributed by atoms with Gasteiger partial charge in [0.25, 0.3) is 0 Å². The van der Waals surface area contributed by atoms with Crippen LogP contribution in [0.1, 0.15) is 43.2 Å². The van der Waals surface area contributed by atoms with E-state index >= 15 is 0 Å². The summed E-state index contributed by atoms with van der Waals surface area (Å²) >= 11 is 0. The molecule has 7 heteroatoms. The van der Waals surface area contributed by atoms with E-state index < -0.39 is 17.7 Å². The minimum Gasteiger partial charge on any atom is -0.356 e. The summed E-state index contributed by atoms with van der Waals surface area (Å²) in [6, 6.07) is 5.46. The van der Waals surface area contributed by atoms with Gasteiger partial charge in [-0.3, -0.25) is 4.79 Å². The highest BCUT2D eigenvalue weighted by Crippen LogP contribution is 2.35. The zero-order valence-corrected chi connectivity index (χ0v) is 14.5. The lowest BCUT2D eigenvalue weighted by molar-refractivity contribution is -0.138. The Morgan fingerprint density at radius 2 is 2.08 bits per heavy atom. The van der Waals surface area contributed by atoms with Crippen LogP contribution in [0.25, 0.3) is 0 Å². The average Bonchev–Trinajstić information content (AvgIpc) is 2.99. The van der Waals surface area contributed by atoms with E-state index in [1.54, 1.807) is 13.0 Å². The van der Waals surface area contributed by atoms with Crippen molar-refractivity contribution in [2.45, 2.75) is 38.3 Å². The summed E-state index contributed by atoms with van der Waals surface area (Å²) in [5.41, 5.74) is -0.479. The molecule has 136 valence electrons. The molecule has 1 fully saturated rings. The lowest BCUT2D eigenvalue weighted by Gasteiger charge is -2.18. The minimum absolute atomic E-state index is 0. The van der Waals surface area contributed by atoms with Gasteiger partial charge in [0.05, 0.1) is 5.56 Å². The lowest BCUT2D eigenvalue weighted by atomic mass is 9.92. The predicted molar refractivity (Wildman–Crippen MR) is 90.3 cm³/mol. The van der Waals surface area contributed by atoms with Crippen LogP contribution in [0, 0.1) is 5.92 Å². The Labute approximate surface area is 146 Å². The molecular formula is C17H24ClF3N2O. The molecule has 1 aliphatic heterocycles. The molecule has 0 bridgehead atoms. The summed E-state index contributed by atoms with van der Waals surface area (Å²) in [5, 5.41) is 6.09. The van der Waals surface area contributed by atoms with E-state index in [1.165, 1.54) is 12.1 Å². The molecule has 2 N–H and O–H groups in total. The number of hydrogen-bond donors (Lipinski definition) is 2. The van der Waals surface area contributed by atoms with Gasteiger partial charge in [0.15, 0.2) is 0 Å². The topological polar surface area (TPSA) is 41.1 Å². The molecular weight excluding hydrogens is 341 g/mol. The van der Waals surface area contributed by atoms with Crippen LogP contribution in [0.5, 0.6) is 0 Å². The van der Waals surface area contributed by atoms with Crippen molar-refractivity contribution in [2.75, 3.05) is 19.6 Å². The molecule has 2 atom stereocenters. The summed E-state index contributed by atoms with van der Waals surface area (Å²) < 4.78 is 39.0. The Hall–Kier alpha value is -1.27. The number of amides is 1. The fourth-order valence-corrected chi connectivity index (χ4v) is 3.02. The van der Waals surface area contributed by atoms with Crippen molar-refractivity contribution in [1.29, 1.82) is 0 Å². The van der Waals surface area contributed by atoms with Crippen molar-refractivity contribution in [3.63, 3.8) is 0 Å². The van der Waals surface area contributed by atoms with Crippen molar-refractivity contribution >= 4 is 18.3 Å². The second-order valence-electron chi connectivity index (χ2n) is 6.19. The second kappa shape index (κ2) is 9.28. The molecule has 2 rings (SSSR count). The van der Waals surface area contributed by atoms with Crippen LogP contribution >= 0.6 is 12.4 Å². The van der Waals surface area contributed by atoms with Gasteiger partial charge in [-0.25, -0.2) is 0 Å². The molecule has 1 aliphatic rings. The third kappa shape index (κ3) is 5.98. The molecule has 1 amide bonds. The third-order valence-corrected chi connectivity index (χ3v) is 4.33. The van der Waals surface area contributed by atoms with E-state index in [2.05, 4.69) is 10.6 Å². The fraction of sp³-hybridized carbons (Fsp3) is 0.588. The smallest absolute Gasteiger partial charge is 0.356 e. The SMILES string of the molecule is CC(CC(=O)NCCC1CCNC1)c1ccccc1C(F)(F)F.Cl. The summed E-state index contributed by atoms with van der Waals surface area (Å²) in [6.07, 6.45) is -2.30. The van der Waals surface area contributed by atoms with Crippen LogP contribution in [0.4, 0.5) is 13.2 Å². The molecule has 1 heterocycles. The third-order valence-electron chi connectivity index (χ3n) is 4.33. The van der Waals surface area contributed by atoms with Crippen molar-refractivity contribution in [3.8, 4) is 0 Å². The van der Waals surface area contributed by atoms with E-state index in [4.69, 9.17) is 0 Å². The molecule has 0 spiro atoms. The summed E-state index contributed by atoms with van der Waals surface area (Å²) in [5.74, 6) is -0.0833. The van der Waals surface area contributed by atoms with Gasteiger partial charge in [-0.2, -0.15) is 13.2 Å². The van der Waals surface area contributed by atoms with E-state index in [1.807, 2.05) is 0 Å². The van der Waals surface area contributed by atoms with Crippen molar-refractivity contribution < 1.29 is 18.0 Å². The first kappa shape index (κ1) is 20.8. The minimum atomic E-state index is -4.39. The van der Waals surface area contributed by atoms with Crippen LogP contribution in [0.2, 0.25) is 0 Å². The van der Waals surface area contributed by atoms with Gasteiger partial charge in [0.2, 0.25) is 5.91 Å². The van der Waals surface area contributed by atoms with Crippen molar-refractivity contribution in [3.05, 3.63) is 35.4 Å². The molecule has 1 saturated heterocycles. The van der Waals surface area contributed by atoms with Crippen LogP contribution in [0.15, 0.2) is 24.3 Å². The Morgan fingerprint density at radius 1 is 1.38 bits per heavy atom. The highest BCUT2D eigenvalue weighted by atomic mass is 35.5. The quantitative estimate of drug-likeness (QED) is 0.807. The van der Waals surface area contributed by atoms with E-state index in [9.17, 15) is 18.0 Å². The van der Waals surface area contributed by atoms with Crippen molar-refractivity contribution in [1.82, 2.24) is 10.6 Å². The maximum absolute atomic E-state index is 13.0. The van der Waals surface area contributed by atoms with Gasteiger partial charge in [-0.15, -0.1) is 12.4 Å². The van der Waals surface area contributed by atoms with Crippen LogP contribution in [-0.4, -0.2) is 25.5 Å². The average molecular weight is 365 g/mol. The number of benzene rings is 1. The standard InChI is InChI=1S/C17H23F3N2O.ClH/c1-12(14-4-2-3-5-15(14)17(18,19)20)10-16(23)22-9-7-13-6-8-21-11-13;/h2-5,12-13,21H,6-11H2,1H3,(H,22,23);1H. The normalized spacial score (nSPS) is 18.8.